The van der Waals surface area contributed by atoms with Crippen molar-refractivity contribution in [1.29, 1.82) is 0 Å². The fraction of sp³-hybridized carbons (Fsp3) is 0.917. The highest BCUT2D eigenvalue weighted by Crippen LogP contribution is 2.52. The van der Waals surface area contributed by atoms with Crippen molar-refractivity contribution in [2.24, 2.45) is 23.0 Å². The summed E-state index contributed by atoms with van der Waals surface area (Å²) in [5, 5.41) is 3.16. The van der Waals surface area contributed by atoms with Crippen molar-refractivity contribution in [3.8, 4) is 0 Å². The van der Waals surface area contributed by atoms with Crippen molar-refractivity contribution in [3.63, 3.8) is 0 Å². The Kier molecular flexibility index (Phi) is 3.61. The van der Waals surface area contributed by atoms with E-state index in [1.807, 2.05) is 0 Å². The lowest BCUT2D eigenvalue weighted by Gasteiger charge is -2.29. The Bertz CT molecular complexity index is 289. The maximum atomic E-state index is 12.0. The Morgan fingerprint density at radius 1 is 1.50 bits per heavy atom. The van der Waals surface area contributed by atoms with Gasteiger partial charge in [-0.05, 0) is 37.5 Å². The van der Waals surface area contributed by atoms with E-state index in [9.17, 15) is 4.79 Å². The fourth-order valence-electron chi connectivity index (χ4n) is 2.32. The fourth-order valence-corrected chi connectivity index (χ4v) is 2.32. The molecule has 16 heavy (non-hydrogen) atoms. The van der Waals surface area contributed by atoms with Crippen molar-refractivity contribution in [1.82, 2.24) is 5.32 Å². The molecule has 0 aliphatic heterocycles. The molecule has 1 amide bonds. The maximum absolute atomic E-state index is 12.0. The molecule has 0 aromatic carbocycles. The van der Waals surface area contributed by atoms with Gasteiger partial charge in [0.15, 0.2) is 0 Å². The summed E-state index contributed by atoms with van der Waals surface area (Å²) in [5.74, 6) is 1.02. The van der Waals surface area contributed by atoms with Gasteiger partial charge in [-0.1, -0.05) is 13.8 Å². The van der Waals surface area contributed by atoms with Gasteiger partial charge in [0.05, 0.1) is 5.54 Å². The summed E-state index contributed by atoms with van der Waals surface area (Å²) >= 11 is 0. The summed E-state index contributed by atoms with van der Waals surface area (Å²) in [6.45, 7) is 6.93. The number of hydrogen-bond donors (Lipinski definition) is 2. The lowest BCUT2D eigenvalue weighted by molar-refractivity contribution is -0.124. The molecule has 0 saturated heterocycles. The van der Waals surface area contributed by atoms with Crippen LogP contribution in [0.25, 0.3) is 0 Å². The molecule has 94 valence electrons. The van der Waals surface area contributed by atoms with Crippen molar-refractivity contribution in [2.45, 2.75) is 45.6 Å². The highest BCUT2D eigenvalue weighted by Gasteiger charge is 2.52. The first kappa shape index (κ1) is 13.8. The SMILES string of the molecule is CC1(C)CC1C(=O)NC(C)(CN)C1CC1.Cl. The van der Waals surface area contributed by atoms with Gasteiger partial charge >= 0.3 is 0 Å². The van der Waals surface area contributed by atoms with Gasteiger partial charge in [0.25, 0.3) is 0 Å². The third-order valence-corrected chi connectivity index (χ3v) is 4.14. The Labute approximate surface area is 104 Å². The first-order valence-electron chi connectivity index (χ1n) is 5.91. The van der Waals surface area contributed by atoms with Gasteiger partial charge < -0.3 is 11.1 Å². The molecule has 2 fully saturated rings. The monoisotopic (exact) mass is 246 g/mol. The van der Waals surface area contributed by atoms with Crippen LogP contribution in [0.3, 0.4) is 0 Å². The van der Waals surface area contributed by atoms with E-state index in [2.05, 4.69) is 26.1 Å². The van der Waals surface area contributed by atoms with Crippen molar-refractivity contribution >= 4 is 18.3 Å². The molecule has 0 radical (unpaired) electrons. The number of carbonyl (C=O) groups excluding carboxylic acids is 1. The van der Waals surface area contributed by atoms with Crippen LogP contribution >= 0.6 is 12.4 Å². The number of halogens is 1. The third-order valence-electron chi connectivity index (χ3n) is 4.14. The number of amides is 1. The molecule has 3 N–H and O–H groups in total. The molecule has 0 spiro atoms. The molecule has 2 saturated carbocycles. The zero-order chi connectivity index (χ0) is 11.3. The van der Waals surface area contributed by atoms with Crippen molar-refractivity contribution < 1.29 is 4.79 Å². The van der Waals surface area contributed by atoms with E-state index in [1.165, 1.54) is 12.8 Å². The molecule has 0 bridgehead atoms. The summed E-state index contributed by atoms with van der Waals surface area (Å²) < 4.78 is 0. The van der Waals surface area contributed by atoms with Gasteiger partial charge in [-0.2, -0.15) is 0 Å². The standard InChI is InChI=1S/C12H22N2O.ClH/c1-11(2)6-9(11)10(15)14-12(3,7-13)8-4-5-8;/h8-9H,4-7,13H2,1-3H3,(H,14,15);1H. The van der Waals surface area contributed by atoms with Crippen LogP contribution in [-0.2, 0) is 4.79 Å². The van der Waals surface area contributed by atoms with E-state index < -0.39 is 0 Å². The number of carbonyl (C=O) groups is 1. The summed E-state index contributed by atoms with van der Waals surface area (Å²) in [6, 6.07) is 0. The van der Waals surface area contributed by atoms with Crippen LogP contribution in [0.15, 0.2) is 0 Å². The molecule has 0 heterocycles. The molecule has 2 rings (SSSR count). The van der Waals surface area contributed by atoms with Gasteiger partial charge in [-0.3, -0.25) is 4.79 Å². The van der Waals surface area contributed by atoms with Gasteiger partial charge in [-0.15, -0.1) is 12.4 Å². The predicted octanol–water partition coefficient (Wildman–Crippen LogP) is 1.70. The summed E-state index contributed by atoms with van der Waals surface area (Å²) in [7, 11) is 0. The number of nitrogens with one attached hydrogen (secondary N) is 1. The molecule has 0 aromatic rings. The van der Waals surface area contributed by atoms with Crippen LogP contribution in [0, 0.1) is 17.3 Å². The Hall–Kier alpha value is -0.280. The van der Waals surface area contributed by atoms with Gasteiger partial charge in [0.2, 0.25) is 5.91 Å². The molecule has 2 aliphatic carbocycles. The van der Waals surface area contributed by atoms with E-state index in [1.54, 1.807) is 0 Å². The van der Waals surface area contributed by atoms with E-state index in [0.717, 1.165) is 6.42 Å². The Morgan fingerprint density at radius 2 is 2.00 bits per heavy atom. The minimum Gasteiger partial charge on any atom is -0.349 e. The molecular weight excluding hydrogens is 224 g/mol. The highest BCUT2D eigenvalue weighted by atomic mass is 35.5. The largest absolute Gasteiger partial charge is 0.349 e. The van der Waals surface area contributed by atoms with Gasteiger partial charge in [-0.25, -0.2) is 0 Å². The third kappa shape index (κ3) is 2.51. The molecule has 2 atom stereocenters. The second-order valence-electron chi connectivity index (χ2n) is 6.13. The lowest BCUT2D eigenvalue weighted by atomic mass is 9.95. The average molecular weight is 247 g/mol. The molecule has 3 nitrogen and oxygen atoms in total. The van der Waals surface area contributed by atoms with Crippen molar-refractivity contribution in [3.05, 3.63) is 0 Å². The van der Waals surface area contributed by atoms with E-state index in [4.69, 9.17) is 5.73 Å². The molecule has 4 heteroatoms. The van der Waals surface area contributed by atoms with E-state index >= 15 is 0 Å². The Balaban J connectivity index is 0.00000128. The lowest BCUT2D eigenvalue weighted by Crippen LogP contribution is -2.53. The maximum Gasteiger partial charge on any atom is 0.224 e. The zero-order valence-corrected chi connectivity index (χ0v) is 11.2. The zero-order valence-electron chi connectivity index (χ0n) is 10.4. The topological polar surface area (TPSA) is 55.1 Å². The summed E-state index contributed by atoms with van der Waals surface area (Å²) in [4.78, 5) is 12.0. The average Bonchev–Trinajstić information content (AvgIpc) is 3.00. The molecule has 2 aliphatic rings. The molecular formula is C12H23ClN2O. The first-order valence-corrected chi connectivity index (χ1v) is 5.91. The summed E-state index contributed by atoms with van der Waals surface area (Å²) in [5.41, 5.74) is 5.82. The minimum atomic E-state index is -0.157. The van der Waals surface area contributed by atoms with Crippen LogP contribution < -0.4 is 11.1 Å². The quantitative estimate of drug-likeness (QED) is 0.793. The van der Waals surface area contributed by atoms with E-state index in [0.29, 0.717) is 12.5 Å². The predicted molar refractivity (Wildman–Crippen MR) is 67.5 cm³/mol. The van der Waals surface area contributed by atoms with Crippen LogP contribution in [0.5, 0.6) is 0 Å². The Morgan fingerprint density at radius 3 is 2.31 bits per heavy atom. The number of hydrogen-bond acceptors (Lipinski definition) is 2. The summed E-state index contributed by atoms with van der Waals surface area (Å²) in [6.07, 6.45) is 3.44. The second kappa shape index (κ2) is 4.19. The van der Waals surface area contributed by atoms with Crippen LogP contribution in [0.2, 0.25) is 0 Å². The van der Waals surface area contributed by atoms with Crippen LogP contribution in [0.4, 0.5) is 0 Å². The van der Waals surface area contributed by atoms with Gasteiger partial charge in [0.1, 0.15) is 0 Å². The van der Waals surface area contributed by atoms with Crippen molar-refractivity contribution in [2.75, 3.05) is 6.54 Å². The second-order valence-corrected chi connectivity index (χ2v) is 6.13. The number of rotatable bonds is 4. The number of nitrogens with two attached hydrogens (primary N) is 1. The van der Waals surface area contributed by atoms with E-state index in [-0.39, 0.29) is 35.2 Å². The first-order chi connectivity index (χ1) is 6.89. The minimum absolute atomic E-state index is 0. The molecule has 2 unspecified atom stereocenters. The van der Waals surface area contributed by atoms with Crippen LogP contribution in [0.1, 0.15) is 40.0 Å². The van der Waals surface area contributed by atoms with Gasteiger partial charge in [0, 0.05) is 12.5 Å². The normalized spacial score (nSPS) is 29.9. The smallest absolute Gasteiger partial charge is 0.224 e. The molecule has 0 aromatic heterocycles. The highest BCUT2D eigenvalue weighted by molar-refractivity contribution is 5.85. The van der Waals surface area contributed by atoms with Crippen LogP contribution in [-0.4, -0.2) is 18.0 Å².